The fraction of sp³-hybridized carbons (Fsp3) is 0.0769. The summed E-state index contributed by atoms with van der Waals surface area (Å²) in [4.78, 5) is 4.45. The molecule has 0 atom stereocenters. The summed E-state index contributed by atoms with van der Waals surface area (Å²) in [6.45, 7) is 4.06. The van der Waals surface area contributed by atoms with Crippen molar-refractivity contribution in [3.63, 3.8) is 0 Å². The molecule has 0 fully saturated rings. The monoisotopic (exact) mass is 392 g/mol. The SMILES string of the molecule is Cc1ccc(-c2oc(/N=C/c3ccc(O)cc3)c(C#N)c2-c2ccc(C)cc2)cc1. The lowest BCUT2D eigenvalue weighted by Gasteiger charge is -2.05. The summed E-state index contributed by atoms with van der Waals surface area (Å²) >= 11 is 0. The number of rotatable bonds is 4. The third-order valence-corrected chi connectivity index (χ3v) is 4.88. The molecule has 1 aromatic heterocycles. The third kappa shape index (κ3) is 3.87. The number of aromatic hydroxyl groups is 1. The smallest absolute Gasteiger partial charge is 0.238 e. The Labute approximate surface area is 175 Å². The molecule has 0 aliphatic rings. The topological polar surface area (TPSA) is 69.5 Å². The minimum Gasteiger partial charge on any atom is -0.508 e. The highest BCUT2D eigenvalue weighted by Crippen LogP contribution is 2.42. The molecule has 4 nitrogen and oxygen atoms in total. The molecule has 146 valence electrons. The Balaban J connectivity index is 1.88. The Bertz CT molecular complexity index is 1240. The Morgan fingerprint density at radius 1 is 0.833 bits per heavy atom. The minimum atomic E-state index is 0.186. The third-order valence-electron chi connectivity index (χ3n) is 4.88. The lowest BCUT2D eigenvalue weighted by atomic mass is 9.97. The number of aliphatic imine (C=N–C) groups is 1. The second-order valence-electron chi connectivity index (χ2n) is 7.18. The zero-order valence-electron chi connectivity index (χ0n) is 16.8. The fourth-order valence-corrected chi connectivity index (χ4v) is 3.21. The summed E-state index contributed by atoms with van der Waals surface area (Å²) in [5.74, 6) is 1.07. The van der Waals surface area contributed by atoms with E-state index in [0.29, 0.717) is 11.3 Å². The van der Waals surface area contributed by atoms with Crippen LogP contribution in [-0.4, -0.2) is 11.3 Å². The molecule has 0 spiro atoms. The van der Waals surface area contributed by atoms with Gasteiger partial charge in [-0.25, -0.2) is 4.99 Å². The van der Waals surface area contributed by atoms with E-state index in [9.17, 15) is 10.4 Å². The van der Waals surface area contributed by atoms with Gasteiger partial charge in [0.1, 0.15) is 23.1 Å². The first-order chi connectivity index (χ1) is 14.5. The molecule has 0 aliphatic carbocycles. The van der Waals surface area contributed by atoms with Crippen molar-refractivity contribution in [3.05, 3.63) is 95.1 Å². The highest BCUT2D eigenvalue weighted by molar-refractivity contribution is 5.90. The van der Waals surface area contributed by atoms with E-state index in [2.05, 4.69) is 11.1 Å². The quantitative estimate of drug-likeness (QED) is 0.400. The number of nitrogens with zero attached hydrogens (tertiary/aromatic N) is 2. The molecule has 4 aromatic rings. The number of benzene rings is 3. The first-order valence-electron chi connectivity index (χ1n) is 9.59. The van der Waals surface area contributed by atoms with Gasteiger partial charge < -0.3 is 9.52 Å². The molecule has 1 N–H and O–H groups in total. The van der Waals surface area contributed by atoms with E-state index in [-0.39, 0.29) is 11.6 Å². The molecule has 0 amide bonds. The number of phenolic OH excluding ortho intramolecular Hbond substituents is 1. The van der Waals surface area contributed by atoms with Crippen LogP contribution < -0.4 is 0 Å². The van der Waals surface area contributed by atoms with E-state index < -0.39 is 0 Å². The molecular formula is C26H20N2O2. The number of hydrogen-bond donors (Lipinski definition) is 1. The van der Waals surface area contributed by atoms with Gasteiger partial charge in [-0.1, -0.05) is 59.7 Å². The van der Waals surface area contributed by atoms with Gasteiger partial charge in [0.25, 0.3) is 0 Å². The molecule has 4 rings (SSSR count). The summed E-state index contributed by atoms with van der Waals surface area (Å²) in [6.07, 6.45) is 1.62. The van der Waals surface area contributed by atoms with Crippen LogP contribution in [0.25, 0.3) is 22.5 Å². The predicted octanol–water partition coefficient (Wildman–Crippen LogP) is 6.56. The standard InChI is InChI=1S/C26H20N2O2/c1-17-3-9-20(10-4-17)24-23(15-27)26(28-16-19-7-13-22(29)14-8-19)30-25(24)21-11-5-18(2)6-12-21/h3-14,16,29H,1-2H3/b28-16+. The lowest BCUT2D eigenvalue weighted by molar-refractivity contribution is 0.475. The molecule has 0 saturated carbocycles. The molecule has 0 bridgehead atoms. The normalized spacial score (nSPS) is 11.0. The van der Waals surface area contributed by atoms with Crippen molar-refractivity contribution in [3.8, 4) is 34.3 Å². The van der Waals surface area contributed by atoms with Crippen LogP contribution in [0.5, 0.6) is 5.75 Å². The first kappa shape index (κ1) is 19.2. The molecule has 0 radical (unpaired) electrons. The van der Waals surface area contributed by atoms with Crippen LogP contribution in [0.1, 0.15) is 22.3 Å². The Morgan fingerprint density at radius 2 is 1.40 bits per heavy atom. The van der Waals surface area contributed by atoms with Gasteiger partial charge in [0, 0.05) is 17.3 Å². The molecular weight excluding hydrogens is 372 g/mol. The van der Waals surface area contributed by atoms with Crippen molar-refractivity contribution in [2.75, 3.05) is 0 Å². The van der Waals surface area contributed by atoms with Gasteiger partial charge >= 0.3 is 0 Å². The Morgan fingerprint density at radius 3 is 1.97 bits per heavy atom. The van der Waals surface area contributed by atoms with Crippen molar-refractivity contribution in [1.82, 2.24) is 0 Å². The second-order valence-corrected chi connectivity index (χ2v) is 7.18. The number of furan rings is 1. The van der Waals surface area contributed by atoms with Gasteiger partial charge in [-0.15, -0.1) is 0 Å². The molecule has 4 heteroatoms. The van der Waals surface area contributed by atoms with E-state index in [1.54, 1.807) is 30.5 Å². The molecule has 0 saturated heterocycles. The van der Waals surface area contributed by atoms with Crippen molar-refractivity contribution in [2.45, 2.75) is 13.8 Å². The van der Waals surface area contributed by atoms with Crippen LogP contribution in [0.15, 0.2) is 82.2 Å². The average Bonchev–Trinajstić information content (AvgIpc) is 3.13. The highest BCUT2D eigenvalue weighted by atomic mass is 16.4. The zero-order valence-corrected chi connectivity index (χ0v) is 16.8. The number of hydrogen-bond acceptors (Lipinski definition) is 4. The van der Waals surface area contributed by atoms with Gasteiger partial charge in [-0.2, -0.15) is 5.26 Å². The first-order valence-corrected chi connectivity index (χ1v) is 9.59. The van der Waals surface area contributed by atoms with Crippen molar-refractivity contribution in [1.29, 1.82) is 5.26 Å². The lowest BCUT2D eigenvalue weighted by Crippen LogP contribution is -1.85. The van der Waals surface area contributed by atoms with Crippen LogP contribution in [-0.2, 0) is 0 Å². The average molecular weight is 392 g/mol. The van der Waals surface area contributed by atoms with Gasteiger partial charge in [-0.05, 0) is 49.2 Å². The van der Waals surface area contributed by atoms with E-state index in [0.717, 1.165) is 33.4 Å². The number of phenols is 1. The van der Waals surface area contributed by atoms with E-state index >= 15 is 0 Å². The second kappa shape index (κ2) is 8.10. The van der Waals surface area contributed by atoms with Crippen molar-refractivity contribution in [2.24, 2.45) is 4.99 Å². The summed E-state index contributed by atoms with van der Waals surface area (Å²) in [5, 5.41) is 19.4. The highest BCUT2D eigenvalue weighted by Gasteiger charge is 2.22. The van der Waals surface area contributed by atoms with E-state index in [4.69, 9.17) is 4.42 Å². The molecule has 0 unspecified atom stereocenters. The molecule has 0 aliphatic heterocycles. The van der Waals surface area contributed by atoms with Crippen LogP contribution in [0.4, 0.5) is 5.88 Å². The van der Waals surface area contributed by atoms with Crippen LogP contribution >= 0.6 is 0 Å². The predicted molar refractivity (Wildman–Crippen MR) is 119 cm³/mol. The molecule has 30 heavy (non-hydrogen) atoms. The van der Waals surface area contributed by atoms with Gasteiger partial charge in [0.05, 0.1) is 0 Å². The maximum absolute atomic E-state index is 9.94. The largest absolute Gasteiger partial charge is 0.508 e. The van der Waals surface area contributed by atoms with Crippen molar-refractivity contribution >= 4 is 12.1 Å². The fourth-order valence-electron chi connectivity index (χ4n) is 3.21. The molecule has 3 aromatic carbocycles. The zero-order chi connectivity index (χ0) is 21.1. The summed E-state index contributed by atoms with van der Waals surface area (Å²) in [6, 6.07) is 25.0. The van der Waals surface area contributed by atoms with Crippen molar-refractivity contribution < 1.29 is 9.52 Å². The van der Waals surface area contributed by atoms with Gasteiger partial charge in [0.15, 0.2) is 0 Å². The van der Waals surface area contributed by atoms with Crippen LogP contribution in [0.3, 0.4) is 0 Å². The number of aryl methyl sites for hydroxylation is 2. The maximum Gasteiger partial charge on any atom is 0.238 e. The number of nitriles is 1. The minimum absolute atomic E-state index is 0.186. The van der Waals surface area contributed by atoms with E-state index in [1.807, 2.05) is 62.4 Å². The maximum atomic E-state index is 9.94. The van der Waals surface area contributed by atoms with Gasteiger partial charge in [0.2, 0.25) is 5.88 Å². The van der Waals surface area contributed by atoms with E-state index in [1.165, 1.54) is 0 Å². The summed E-state index contributed by atoms with van der Waals surface area (Å²) in [5.41, 5.74) is 6.00. The molecule has 1 heterocycles. The summed E-state index contributed by atoms with van der Waals surface area (Å²) < 4.78 is 6.12. The Kier molecular flexibility index (Phi) is 5.19. The Hall–Kier alpha value is -4.10. The van der Waals surface area contributed by atoms with Crippen LogP contribution in [0, 0.1) is 25.2 Å². The van der Waals surface area contributed by atoms with Gasteiger partial charge in [-0.3, -0.25) is 0 Å². The summed E-state index contributed by atoms with van der Waals surface area (Å²) in [7, 11) is 0. The van der Waals surface area contributed by atoms with Crippen LogP contribution in [0.2, 0.25) is 0 Å².